The average molecular weight is 870 g/mol. The molecule has 0 aromatic rings. The molecular weight excluding hydrogens is 775 g/mol. The van der Waals surface area contributed by atoms with Gasteiger partial charge in [-0.05, 0) is 183 Å². The van der Waals surface area contributed by atoms with Crippen LogP contribution < -0.4 is 5.73 Å². The van der Waals surface area contributed by atoms with Crippen molar-refractivity contribution in [2.45, 2.75) is 235 Å². The minimum absolute atomic E-state index is 0.109. The molecule has 8 aliphatic rings. The highest BCUT2D eigenvalue weighted by atomic mass is 16.6. The van der Waals surface area contributed by atoms with E-state index in [4.69, 9.17) is 15.2 Å². The molecule has 8 rings (SSSR count). The second kappa shape index (κ2) is 18.8. The van der Waals surface area contributed by atoms with Crippen molar-refractivity contribution < 1.29 is 19.1 Å². The highest BCUT2D eigenvalue weighted by Gasteiger charge is 2.61. The minimum atomic E-state index is -0.983. The topological polar surface area (TPSA) is 78.6 Å². The number of allylic oxidation sites excluding steroid dienone is 2. The van der Waals surface area contributed by atoms with E-state index in [-0.39, 0.29) is 35.4 Å². The molecule has 5 heteroatoms. The van der Waals surface area contributed by atoms with Crippen LogP contribution in [0.25, 0.3) is 0 Å². The van der Waals surface area contributed by atoms with Crippen molar-refractivity contribution in [2.24, 2.45) is 98.4 Å². The lowest BCUT2D eigenvalue weighted by Gasteiger charge is -2.58. The maximum absolute atomic E-state index is 13.5. The zero-order chi connectivity index (χ0) is 45.1. The molecule has 0 spiro atoms. The molecule has 0 radical (unpaired) electrons. The third-order valence-corrected chi connectivity index (χ3v) is 21.8. The number of carbonyl (C=O) groups is 2. The summed E-state index contributed by atoms with van der Waals surface area (Å²) in [5.74, 6) is 8.97. The van der Waals surface area contributed by atoms with Crippen molar-refractivity contribution in [3.63, 3.8) is 0 Å². The first-order chi connectivity index (χ1) is 29.9. The maximum atomic E-state index is 13.5. The zero-order valence-corrected chi connectivity index (χ0v) is 42.3. The summed E-state index contributed by atoms with van der Waals surface area (Å²) in [5.41, 5.74) is 10.9. The van der Waals surface area contributed by atoms with Crippen LogP contribution in [0, 0.1) is 92.7 Å². The number of carbonyl (C=O) groups excluding carboxylic acids is 2. The van der Waals surface area contributed by atoms with E-state index >= 15 is 0 Å². The quantitative estimate of drug-likeness (QED) is 0.131. The molecule has 8 aliphatic carbocycles. The summed E-state index contributed by atoms with van der Waals surface area (Å²) < 4.78 is 12.3. The molecule has 0 amide bonds. The van der Waals surface area contributed by atoms with E-state index in [1.807, 2.05) is 0 Å². The molecule has 6 fully saturated rings. The first kappa shape index (κ1) is 47.9. The molecule has 63 heavy (non-hydrogen) atoms. The van der Waals surface area contributed by atoms with Crippen molar-refractivity contribution in [1.29, 1.82) is 0 Å². The van der Waals surface area contributed by atoms with Gasteiger partial charge in [0.25, 0.3) is 0 Å². The standard InChI is InChI=1S/C58H95NO4/c1-36(2)13-11-15-38(5)46-21-23-48-44-19-17-40-33-42(25-29-55(40,7)50(44)27-31-57(46,48)9)62-53(60)35-52(59)54(61)63-43-26-30-56(8)41(34-43)18-20-45-49-24-22-47(39(6)16-12-14-37(3)4)58(49,10)32-28-51(45)56/h17-18,36-39,42-52H,11-16,19-35,59H2,1-10H3/t38-,39-,42+,43+,44+,45+,46-,47-,48+,49+,50+,51+,52?,55+,56+,57-,58-/m1/s1. The van der Waals surface area contributed by atoms with Gasteiger partial charge < -0.3 is 15.2 Å². The maximum Gasteiger partial charge on any atom is 0.323 e. The predicted octanol–water partition coefficient (Wildman–Crippen LogP) is 14.6. The summed E-state index contributed by atoms with van der Waals surface area (Å²) in [4.78, 5) is 26.8. The van der Waals surface area contributed by atoms with Gasteiger partial charge in [0.2, 0.25) is 0 Å². The summed E-state index contributed by atoms with van der Waals surface area (Å²) in [6, 6.07) is -0.983. The number of rotatable bonds is 15. The fourth-order valence-corrected chi connectivity index (χ4v) is 18.3. The molecule has 356 valence electrons. The normalized spacial score (nSPS) is 43.3. The number of esters is 2. The molecule has 6 saturated carbocycles. The van der Waals surface area contributed by atoms with Crippen molar-refractivity contribution in [3.8, 4) is 0 Å². The lowest BCUT2D eigenvalue weighted by atomic mass is 9.47. The van der Waals surface area contributed by atoms with Gasteiger partial charge in [0.15, 0.2) is 0 Å². The first-order valence-corrected chi connectivity index (χ1v) is 27.4. The zero-order valence-electron chi connectivity index (χ0n) is 42.3. The Labute approximate surface area is 386 Å². The predicted molar refractivity (Wildman–Crippen MR) is 258 cm³/mol. The third-order valence-electron chi connectivity index (χ3n) is 21.8. The smallest absolute Gasteiger partial charge is 0.323 e. The van der Waals surface area contributed by atoms with Gasteiger partial charge in [-0.1, -0.05) is 131 Å². The van der Waals surface area contributed by atoms with Crippen LogP contribution in [0.3, 0.4) is 0 Å². The number of hydrogen-bond acceptors (Lipinski definition) is 5. The second-order valence-corrected chi connectivity index (χ2v) is 26.0. The van der Waals surface area contributed by atoms with Gasteiger partial charge in [0.1, 0.15) is 18.2 Å². The molecule has 0 aromatic carbocycles. The number of ether oxygens (including phenoxy) is 2. The molecule has 0 aromatic heterocycles. The Bertz CT molecular complexity index is 1700. The van der Waals surface area contributed by atoms with Gasteiger partial charge >= 0.3 is 11.9 Å². The highest BCUT2D eigenvalue weighted by molar-refractivity contribution is 5.82. The lowest BCUT2D eigenvalue weighted by molar-refractivity contribution is -0.160. The molecule has 2 N–H and O–H groups in total. The van der Waals surface area contributed by atoms with Gasteiger partial charge in [0, 0.05) is 12.8 Å². The van der Waals surface area contributed by atoms with Crippen molar-refractivity contribution in [1.82, 2.24) is 0 Å². The molecular formula is C58H95NO4. The van der Waals surface area contributed by atoms with Gasteiger partial charge in [-0.3, -0.25) is 9.59 Å². The summed E-state index contributed by atoms with van der Waals surface area (Å²) in [6.45, 7) is 25.0. The Kier molecular flexibility index (Phi) is 14.3. The Morgan fingerprint density at radius 1 is 0.587 bits per heavy atom. The first-order valence-electron chi connectivity index (χ1n) is 27.4. The lowest BCUT2D eigenvalue weighted by Crippen LogP contribution is -2.51. The van der Waals surface area contributed by atoms with E-state index in [1.165, 1.54) is 114 Å². The Balaban J connectivity index is 0.802. The average Bonchev–Trinajstić information content (AvgIpc) is 3.77. The van der Waals surface area contributed by atoms with Crippen LogP contribution in [-0.2, 0) is 19.1 Å². The van der Waals surface area contributed by atoms with Crippen molar-refractivity contribution in [3.05, 3.63) is 23.3 Å². The van der Waals surface area contributed by atoms with Crippen LogP contribution in [-0.4, -0.2) is 30.2 Å². The van der Waals surface area contributed by atoms with E-state index in [9.17, 15) is 9.59 Å². The summed E-state index contributed by atoms with van der Waals surface area (Å²) in [7, 11) is 0. The molecule has 5 nitrogen and oxygen atoms in total. The summed E-state index contributed by atoms with van der Waals surface area (Å²) >= 11 is 0. The van der Waals surface area contributed by atoms with Crippen molar-refractivity contribution >= 4 is 11.9 Å². The highest BCUT2D eigenvalue weighted by Crippen LogP contribution is 2.69. The molecule has 0 bridgehead atoms. The second-order valence-electron chi connectivity index (χ2n) is 26.0. The number of nitrogens with two attached hydrogens (primary N) is 1. The molecule has 1 unspecified atom stereocenters. The monoisotopic (exact) mass is 870 g/mol. The van der Waals surface area contributed by atoms with E-state index < -0.39 is 12.0 Å². The van der Waals surface area contributed by atoms with E-state index in [0.717, 1.165) is 110 Å². The fraction of sp³-hybridized carbons (Fsp3) is 0.897. The Hall–Kier alpha value is -1.62. The van der Waals surface area contributed by atoms with E-state index in [0.29, 0.717) is 10.8 Å². The SMILES string of the molecule is CC(C)CCC[C@@H](C)[C@H]1CC[C@H]2[C@@H]3CC=C4C[C@@H](OC(=O)CC(N)C(=O)O[C@H]5CC[C@@]6(C)C(=CC[C@H]7[C@@H]8CC[C@H]([C@H](C)CCCC(C)C)[C@@]8(C)CC[C@@H]76)C5)CC[C@]4(C)[C@H]3CC[C@]12C. The van der Waals surface area contributed by atoms with E-state index in [1.54, 1.807) is 0 Å². The molecule has 0 saturated heterocycles. The Morgan fingerprint density at radius 3 is 1.48 bits per heavy atom. The Morgan fingerprint density at radius 2 is 1.03 bits per heavy atom. The van der Waals surface area contributed by atoms with Crippen LogP contribution in [0.1, 0.15) is 217 Å². The van der Waals surface area contributed by atoms with Gasteiger partial charge in [-0.2, -0.15) is 0 Å². The minimum Gasteiger partial charge on any atom is -0.462 e. The molecule has 0 heterocycles. The van der Waals surface area contributed by atoms with Crippen LogP contribution in [0.2, 0.25) is 0 Å². The number of fused-ring (bicyclic) bond motifs is 10. The summed E-state index contributed by atoms with van der Waals surface area (Å²) in [5, 5.41) is 0. The fourth-order valence-electron chi connectivity index (χ4n) is 18.3. The van der Waals surface area contributed by atoms with Crippen LogP contribution in [0.15, 0.2) is 23.3 Å². The van der Waals surface area contributed by atoms with Gasteiger partial charge in [-0.25, -0.2) is 0 Å². The van der Waals surface area contributed by atoms with Crippen LogP contribution in [0.5, 0.6) is 0 Å². The van der Waals surface area contributed by atoms with Crippen molar-refractivity contribution in [2.75, 3.05) is 0 Å². The van der Waals surface area contributed by atoms with E-state index in [2.05, 4.69) is 81.4 Å². The third kappa shape index (κ3) is 9.10. The summed E-state index contributed by atoms with van der Waals surface area (Å²) in [6.07, 6.45) is 32.1. The molecule has 0 aliphatic heterocycles. The van der Waals surface area contributed by atoms with Gasteiger partial charge in [0.05, 0.1) is 6.42 Å². The molecule has 17 atom stereocenters. The van der Waals surface area contributed by atoms with Crippen LogP contribution >= 0.6 is 0 Å². The number of hydrogen-bond donors (Lipinski definition) is 1. The largest absolute Gasteiger partial charge is 0.462 e. The van der Waals surface area contributed by atoms with Crippen LogP contribution in [0.4, 0.5) is 0 Å². The van der Waals surface area contributed by atoms with Gasteiger partial charge in [-0.15, -0.1) is 0 Å².